The summed E-state index contributed by atoms with van der Waals surface area (Å²) in [6.07, 6.45) is 0. The average Bonchev–Trinajstić information content (AvgIpc) is 2.04. The Morgan fingerprint density at radius 1 is 1.23 bits per heavy atom. The Balaban J connectivity index is 3.30. The Morgan fingerprint density at radius 3 is 2.23 bits per heavy atom. The van der Waals surface area contributed by atoms with Crippen LogP contribution in [-0.4, -0.2) is 8.42 Å². The fourth-order valence-electron chi connectivity index (χ4n) is 1.15. The molecule has 72 valence electrons. The summed E-state index contributed by atoms with van der Waals surface area (Å²) in [5.41, 5.74) is 6.86. The van der Waals surface area contributed by atoms with Crippen molar-refractivity contribution in [3.8, 4) is 0 Å². The summed E-state index contributed by atoms with van der Waals surface area (Å²) in [5, 5.41) is 0. The molecule has 0 saturated heterocycles. The molecule has 0 radical (unpaired) electrons. The second kappa shape index (κ2) is 3.38. The molecule has 0 saturated carbocycles. The third-order valence-electron chi connectivity index (χ3n) is 2.08. The molecule has 0 atom stereocenters. The predicted molar refractivity (Wildman–Crippen MR) is 54.2 cm³/mol. The molecule has 0 aliphatic rings. The van der Waals surface area contributed by atoms with Gasteiger partial charge in [0.05, 0.1) is 4.75 Å². The van der Waals surface area contributed by atoms with Crippen LogP contribution in [0.4, 0.5) is 5.69 Å². The Bertz CT molecular complexity index is 375. The molecule has 4 heteroatoms. The number of hydrogen-bond donors (Lipinski definition) is 2. The summed E-state index contributed by atoms with van der Waals surface area (Å²) in [6.45, 7) is 3.29. The van der Waals surface area contributed by atoms with Crippen LogP contribution in [0.2, 0.25) is 0 Å². The van der Waals surface area contributed by atoms with Crippen molar-refractivity contribution in [2.75, 3.05) is 5.73 Å². The molecule has 0 aromatic heterocycles. The highest BCUT2D eigenvalue weighted by Crippen LogP contribution is 2.28. The molecule has 1 aromatic rings. The summed E-state index contributed by atoms with van der Waals surface area (Å²) >= 11 is 0. The first-order chi connectivity index (χ1) is 5.96. The standard InChI is InChI=1S/C9H13NO2S/c1-9(2,13(11)12)7-5-3-4-6-8(7)10/h3-6,13H,10H2,1-2H3. The van der Waals surface area contributed by atoms with E-state index in [1.165, 1.54) is 0 Å². The minimum absolute atomic E-state index is 0.520. The van der Waals surface area contributed by atoms with Gasteiger partial charge in [-0.05, 0) is 25.5 Å². The summed E-state index contributed by atoms with van der Waals surface area (Å²) in [6, 6.07) is 7.01. The Kier molecular flexibility index (Phi) is 2.61. The van der Waals surface area contributed by atoms with E-state index in [0.717, 1.165) is 0 Å². The van der Waals surface area contributed by atoms with Crippen molar-refractivity contribution in [3.05, 3.63) is 29.8 Å². The van der Waals surface area contributed by atoms with Crippen molar-refractivity contribution in [3.63, 3.8) is 0 Å². The highest BCUT2D eigenvalue weighted by atomic mass is 32.2. The first-order valence-electron chi connectivity index (χ1n) is 3.95. The molecular weight excluding hydrogens is 186 g/mol. The van der Waals surface area contributed by atoms with E-state index in [1.807, 2.05) is 0 Å². The van der Waals surface area contributed by atoms with Crippen LogP contribution in [-0.2, 0) is 15.5 Å². The molecule has 0 fully saturated rings. The van der Waals surface area contributed by atoms with Crippen molar-refractivity contribution in [2.24, 2.45) is 0 Å². The van der Waals surface area contributed by atoms with Gasteiger partial charge in [0.1, 0.15) is 10.7 Å². The van der Waals surface area contributed by atoms with Gasteiger partial charge < -0.3 is 5.73 Å². The van der Waals surface area contributed by atoms with Crippen LogP contribution < -0.4 is 5.73 Å². The van der Waals surface area contributed by atoms with Gasteiger partial charge in [-0.25, -0.2) is 8.42 Å². The monoisotopic (exact) mass is 199 g/mol. The molecule has 3 nitrogen and oxygen atoms in total. The normalized spacial score (nSPS) is 11.9. The van der Waals surface area contributed by atoms with Gasteiger partial charge in [-0.3, -0.25) is 0 Å². The second-order valence-electron chi connectivity index (χ2n) is 3.40. The second-order valence-corrected chi connectivity index (χ2v) is 5.04. The Labute approximate surface area is 79.5 Å². The fourth-order valence-corrected chi connectivity index (χ4v) is 1.55. The third kappa shape index (κ3) is 1.83. The lowest BCUT2D eigenvalue weighted by Crippen LogP contribution is -2.20. The quantitative estimate of drug-likeness (QED) is 0.554. The highest BCUT2D eigenvalue weighted by molar-refractivity contribution is 7.73. The number of para-hydroxylation sites is 1. The van der Waals surface area contributed by atoms with Crippen molar-refractivity contribution in [2.45, 2.75) is 18.6 Å². The molecule has 1 aromatic carbocycles. The van der Waals surface area contributed by atoms with Crippen LogP contribution >= 0.6 is 0 Å². The molecule has 0 spiro atoms. The summed E-state index contributed by atoms with van der Waals surface area (Å²) in [7, 11) is -2.52. The van der Waals surface area contributed by atoms with Crippen molar-refractivity contribution in [1.29, 1.82) is 0 Å². The maximum atomic E-state index is 11.0. The first-order valence-corrected chi connectivity index (χ1v) is 5.13. The van der Waals surface area contributed by atoms with Crippen molar-refractivity contribution < 1.29 is 8.42 Å². The Morgan fingerprint density at radius 2 is 1.77 bits per heavy atom. The molecule has 2 N–H and O–H groups in total. The molecule has 1 rings (SSSR count). The lowest BCUT2D eigenvalue weighted by Gasteiger charge is -2.19. The number of benzene rings is 1. The molecule has 0 bridgehead atoms. The zero-order valence-corrected chi connectivity index (χ0v) is 8.54. The van der Waals surface area contributed by atoms with Gasteiger partial charge in [-0.2, -0.15) is 0 Å². The van der Waals surface area contributed by atoms with E-state index in [0.29, 0.717) is 11.3 Å². The van der Waals surface area contributed by atoms with Crippen molar-refractivity contribution >= 4 is 16.4 Å². The van der Waals surface area contributed by atoms with E-state index in [1.54, 1.807) is 38.1 Å². The van der Waals surface area contributed by atoms with Crippen LogP contribution in [0.25, 0.3) is 0 Å². The summed E-state index contributed by atoms with van der Waals surface area (Å²) in [4.78, 5) is 0. The van der Waals surface area contributed by atoms with E-state index in [-0.39, 0.29) is 0 Å². The minimum Gasteiger partial charge on any atom is -0.398 e. The zero-order chi connectivity index (χ0) is 10.1. The van der Waals surface area contributed by atoms with Crippen LogP contribution in [0.3, 0.4) is 0 Å². The number of anilines is 1. The molecule has 13 heavy (non-hydrogen) atoms. The van der Waals surface area contributed by atoms with E-state index in [9.17, 15) is 8.42 Å². The highest BCUT2D eigenvalue weighted by Gasteiger charge is 2.25. The number of hydrogen-bond acceptors (Lipinski definition) is 3. The van der Waals surface area contributed by atoms with E-state index < -0.39 is 15.5 Å². The maximum Gasteiger partial charge on any atom is 0.149 e. The number of rotatable bonds is 2. The number of thiol groups is 1. The Hall–Kier alpha value is -1.03. The van der Waals surface area contributed by atoms with E-state index >= 15 is 0 Å². The van der Waals surface area contributed by atoms with Gasteiger partial charge in [0.25, 0.3) is 0 Å². The van der Waals surface area contributed by atoms with Crippen LogP contribution in [0.5, 0.6) is 0 Å². The maximum absolute atomic E-state index is 11.0. The summed E-state index contributed by atoms with van der Waals surface area (Å²) in [5.74, 6) is 0. The fraction of sp³-hybridized carbons (Fsp3) is 0.333. The topological polar surface area (TPSA) is 60.2 Å². The van der Waals surface area contributed by atoms with Crippen molar-refractivity contribution in [1.82, 2.24) is 0 Å². The lowest BCUT2D eigenvalue weighted by molar-refractivity contribution is 0.577. The average molecular weight is 199 g/mol. The van der Waals surface area contributed by atoms with E-state index in [2.05, 4.69) is 0 Å². The van der Waals surface area contributed by atoms with E-state index in [4.69, 9.17) is 5.73 Å². The molecule has 0 aliphatic heterocycles. The molecular formula is C9H13NO2S. The zero-order valence-electron chi connectivity index (χ0n) is 7.65. The largest absolute Gasteiger partial charge is 0.398 e. The molecule has 0 aliphatic carbocycles. The first kappa shape index (κ1) is 10.1. The van der Waals surface area contributed by atoms with Gasteiger partial charge in [0.2, 0.25) is 0 Å². The summed E-state index contributed by atoms with van der Waals surface area (Å²) < 4.78 is 21.0. The number of nitrogens with two attached hydrogens (primary N) is 1. The van der Waals surface area contributed by atoms with Gasteiger partial charge in [0.15, 0.2) is 0 Å². The van der Waals surface area contributed by atoms with Gasteiger partial charge in [-0.15, -0.1) is 0 Å². The van der Waals surface area contributed by atoms with Gasteiger partial charge in [-0.1, -0.05) is 18.2 Å². The molecule has 0 unspecified atom stereocenters. The predicted octanol–water partition coefficient (Wildman–Crippen LogP) is 1.12. The van der Waals surface area contributed by atoms with Gasteiger partial charge in [0, 0.05) is 5.69 Å². The third-order valence-corrected chi connectivity index (χ3v) is 3.23. The molecule has 0 heterocycles. The molecule has 0 amide bonds. The van der Waals surface area contributed by atoms with Crippen LogP contribution in [0, 0.1) is 0 Å². The van der Waals surface area contributed by atoms with Crippen LogP contribution in [0.15, 0.2) is 24.3 Å². The minimum atomic E-state index is -2.52. The number of nitrogen functional groups attached to an aromatic ring is 1. The SMILES string of the molecule is CC(C)(c1ccccc1N)[SH](=O)=O. The lowest BCUT2D eigenvalue weighted by atomic mass is 10.0. The van der Waals surface area contributed by atoms with Gasteiger partial charge >= 0.3 is 0 Å². The van der Waals surface area contributed by atoms with Crippen LogP contribution in [0.1, 0.15) is 19.4 Å². The smallest absolute Gasteiger partial charge is 0.149 e.